The zero-order valence-corrected chi connectivity index (χ0v) is 11.5. The van der Waals surface area contributed by atoms with E-state index in [0.717, 1.165) is 31.4 Å². The minimum absolute atomic E-state index is 0.755. The van der Waals surface area contributed by atoms with Gasteiger partial charge in [-0.15, -0.1) is 0 Å². The van der Waals surface area contributed by atoms with Crippen LogP contribution in [0.15, 0.2) is 23.0 Å². The van der Waals surface area contributed by atoms with Gasteiger partial charge in [0.05, 0.1) is 5.69 Å². The smallest absolute Gasteiger partial charge is 0.105 e. The number of imidazole rings is 1. The van der Waals surface area contributed by atoms with Gasteiger partial charge in [-0.2, -0.15) is 11.3 Å². The van der Waals surface area contributed by atoms with E-state index in [9.17, 15) is 0 Å². The van der Waals surface area contributed by atoms with Gasteiger partial charge in [0, 0.05) is 25.3 Å². The molecule has 0 aromatic carbocycles. The quantitative estimate of drug-likeness (QED) is 0.866. The van der Waals surface area contributed by atoms with E-state index in [4.69, 9.17) is 0 Å². The lowest BCUT2D eigenvalue weighted by atomic mass is 10.2. The van der Waals surface area contributed by atoms with Gasteiger partial charge in [0.2, 0.25) is 0 Å². The summed E-state index contributed by atoms with van der Waals surface area (Å²) in [6, 6.07) is 2.96. The van der Waals surface area contributed by atoms with Gasteiger partial charge in [-0.25, -0.2) is 4.98 Å². The number of thiophene rings is 1. The van der Waals surface area contributed by atoms with Crippen molar-refractivity contribution in [2.45, 2.75) is 45.3 Å². The Kier molecular flexibility index (Phi) is 3.48. The zero-order valence-electron chi connectivity index (χ0n) is 10.7. The van der Waals surface area contributed by atoms with E-state index in [2.05, 4.69) is 38.6 Å². The molecule has 2 aromatic heterocycles. The van der Waals surface area contributed by atoms with Crippen molar-refractivity contribution in [1.29, 1.82) is 0 Å². The Hall–Kier alpha value is -1.13. The first-order chi connectivity index (χ1) is 8.83. The van der Waals surface area contributed by atoms with Crippen LogP contribution in [0.1, 0.15) is 29.9 Å². The van der Waals surface area contributed by atoms with Crippen molar-refractivity contribution in [1.82, 2.24) is 14.9 Å². The van der Waals surface area contributed by atoms with E-state index in [1.807, 2.05) is 6.20 Å². The number of nitrogens with one attached hydrogen (secondary N) is 1. The lowest BCUT2D eigenvalue weighted by Crippen LogP contribution is -2.19. The summed E-state index contributed by atoms with van der Waals surface area (Å²) in [5, 5.41) is 7.94. The highest BCUT2D eigenvalue weighted by Gasteiger charge is 2.20. The van der Waals surface area contributed by atoms with E-state index < -0.39 is 0 Å². The van der Waals surface area contributed by atoms with Crippen LogP contribution < -0.4 is 5.32 Å². The summed E-state index contributed by atoms with van der Waals surface area (Å²) in [5.41, 5.74) is 2.74. The molecule has 4 heteroatoms. The molecule has 0 unspecified atom stereocenters. The SMILES string of the molecule is Cc1ncc(CNC2CC2)n1CCc1ccsc1. The lowest BCUT2D eigenvalue weighted by Gasteiger charge is -2.10. The number of hydrogen-bond acceptors (Lipinski definition) is 3. The molecule has 1 N–H and O–H groups in total. The van der Waals surface area contributed by atoms with Crippen molar-refractivity contribution in [2.75, 3.05) is 0 Å². The fourth-order valence-electron chi connectivity index (χ4n) is 2.17. The van der Waals surface area contributed by atoms with Crippen LogP contribution in [0, 0.1) is 6.92 Å². The fourth-order valence-corrected chi connectivity index (χ4v) is 2.88. The van der Waals surface area contributed by atoms with Crippen molar-refractivity contribution in [3.63, 3.8) is 0 Å². The maximum absolute atomic E-state index is 4.44. The summed E-state index contributed by atoms with van der Waals surface area (Å²) in [6.45, 7) is 4.08. The maximum atomic E-state index is 4.44. The van der Waals surface area contributed by atoms with E-state index in [1.54, 1.807) is 11.3 Å². The highest BCUT2D eigenvalue weighted by Crippen LogP contribution is 2.19. The Bertz CT molecular complexity index is 497. The lowest BCUT2D eigenvalue weighted by molar-refractivity contribution is 0.596. The van der Waals surface area contributed by atoms with E-state index in [0.29, 0.717) is 0 Å². The first kappa shape index (κ1) is 11.9. The third-order valence-corrected chi connectivity index (χ3v) is 4.22. The van der Waals surface area contributed by atoms with Gasteiger partial charge >= 0.3 is 0 Å². The van der Waals surface area contributed by atoms with E-state index in [1.165, 1.54) is 24.1 Å². The largest absolute Gasteiger partial charge is 0.331 e. The van der Waals surface area contributed by atoms with Gasteiger partial charge in [-0.1, -0.05) is 0 Å². The standard InChI is InChI=1S/C14H19N3S/c1-11-15-8-14(9-16-13-2-3-13)17(11)6-4-12-5-7-18-10-12/h5,7-8,10,13,16H,2-4,6,9H2,1H3. The van der Waals surface area contributed by atoms with Crippen LogP contribution in [0.25, 0.3) is 0 Å². The topological polar surface area (TPSA) is 29.9 Å². The maximum Gasteiger partial charge on any atom is 0.105 e. The van der Waals surface area contributed by atoms with Gasteiger partial charge in [-0.3, -0.25) is 0 Å². The Morgan fingerprint density at radius 1 is 1.50 bits per heavy atom. The Labute approximate surface area is 112 Å². The number of nitrogens with zero attached hydrogens (tertiary/aromatic N) is 2. The molecular formula is C14H19N3S. The van der Waals surface area contributed by atoms with Crippen molar-refractivity contribution >= 4 is 11.3 Å². The molecule has 1 saturated carbocycles. The van der Waals surface area contributed by atoms with Crippen LogP contribution in [0.2, 0.25) is 0 Å². The minimum atomic E-state index is 0.755. The van der Waals surface area contributed by atoms with Gasteiger partial charge in [0.1, 0.15) is 5.82 Å². The molecule has 3 rings (SSSR count). The Morgan fingerprint density at radius 3 is 3.11 bits per heavy atom. The van der Waals surface area contributed by atoms with E-state index in [-0.39, 0.29) is 0 Å². The molecule has 1 fully saturated rings. The summed E-state index contributed by atoms with van der Waals surface area (Å²) < 4.78 is 2.34. The summed E-state index contributed by atoms with van der Waals surface area (Å²) in [4.78, 5) is 4.44. The first-order valence-electron chi connectivity index (χ1n) is 6.58. The van der Waals surface area contributed by atoms with Crippen molar-refractivity contribution in [3.05, 3.63) is 40.1 Å². The summed E-state index contributed by atoms with van der Waals surface area (Å²) in [5.74, 6) is 1.12. The van der Waals surface area contributed by atoms with Gasteiger partial charge in [-0.05, 0) is 48.6 Å². The molecule has 18 heavy (non-hydrogen) atoms. The zero-order chi connectivity index (χ0) is 12.4. The highest BCUT2D eigenvalue weighted by atomic mass is 32.1. The second-order valence-electron chi connectivity index (χ2n) is 4.99. The predicted molar refractivity (Wildman–Crippen MR) is 74.8 cm³/mol. The van der Waals surface area contributed by atoms with Crippen LogP contribution in [-0.4, -0.2) is 15.6 Å². The first-order valence-corrected chi connectivity index (χ1v) is 7.52. The third-order valence-electron chi connectivity index (χ3n) is 3.49. The predicted octanol–water partition coefficient (Wildman–Crippen LogP) is 2.75. The van der Waals surface area contributed by atoms with Crippen molar-refractivity contribution < 1.29 is 0 Å². The van der Waals surface area contributed by atoms with Crippen LogP contribution in [0.4, 0.5) is 0 Å². The number of aromatic nitrogens is 2. The second-order valence-corrected chi connectivity index (χ2v) is 5.77. The van der Waals surface area contributed by atoms with Crippen LogP contribution in [-0.2, 0) is 19.5 Å². The Balaban J connectivity index is 1.63. The number of aryl methyl sites for hydroxylation is 2. The molecule has 0 spiro atoms. The number of hydrogen-bond donors (Lipinski definition) is 1. The summed E-state index contributed by atoms with van der Waals surface area (Å²) in [6.07, 6.45) is 5.78. The molecule has 0 amide bonds. The molecular weight excluding hydrogens is 242 g/mol. The molecule has 1 aliphatic rings. The fraction of sp³-hybridized carbons (Fsp3) is 0.500. The molecule has 0 atom stereocenters. The van der Waals surface area contributed by atoms with Crippen LogP contribution in [0.3, 0.4) is 0 Å². The molecule has 2 heterocycles. The monoisotopic (exact) mass is 261 g/mol. The molecule has 0 radical (unpaired) electrons. The average Bonchev–Trinajstić information content (AvgIpc) is 2.93. The Morgan fingerprint density at radius 2 is 2.39 bits per heavy atom. The molecule has 96 valence electrons. The molecule has 0 bridgehead atoms. The molecule has 2 aromatic rings. The van der Waals surface area contributed by atoms with Crippen molar-refractivity contribution in [2.24, 2.45) is 0 Å². The minimum Gasteiger partial charge on any atom is -0.331 e. The van der Waals surface area contributed by atoms with Crippen LogP contribution >= 0.6 is 11.3 Å². The van der Waals surface area contributed by atoms with Gasteiger partial charge in [0.15, 0.2) is 0 Å². The third kappa shape index (κ3) is 2.82. The van der Waals surface area contributed by atoms with Gasteiger partial charge < -0.3 is 9.88 Å². The van der Waals surface area contributed by atoms with E-state index >= 15 is 0 Å². The highest BCUT2D eigenvalue weighted by molar-refractivity contribution is 7.07. The molecule has 3 nitrogen and oxygen atoms in total. The average molecular weight is 261 g/mol. The number of rotatable bonds is 6. The second kappa shape index (κ2) is 5.24. The molecule has 0 aliphatic heterocycles. The summed E-state index contributed by atoms with van der Waals surface area (Å²) in [7, 11) is 0. The molecule has 0 saturated heterocycles. The normalized spacial score (nSPS) is 15.2. The van der Waals surface area contributed by atoms with Crippen molar-refractivity contribution in [3.8, 4) is 0 Å². The van der Waals surface area contributed by atoms with Gasteiger partial charge in [0.25, 0.3) is 0 Å². The summed E-state index contributed by atoms with van der Waals surface area (Å²) >= 11 is 1.77. The molecule has 1 aliphatic carbocycles. The van der Waals surface area contributed by atoms with Crippen LogP contribution in [0.5, 0.6) is 0 Å².